The van der Waals surface area contributed by atoms with Crippen LogP contribution in [-0.2, 0) is 14.3 Å². The Morgan fingerprint density at radius 1 is 1.08 bits per heavy atom. The summed E-state index contributed by atoms with van der Waals surface area (Å²) in [5.74, 6) is -0.956. The summed E-state index contributed by atoms with van der Waals surface area (Å²) in [6.07, 6.45) is -0.895. The molecule has 0 bridgehead atoms. The molecule has 136 valence electrons. The molecule has 0 spiro atoms. The van der Waals surface area contributed by atoms with E-state index < -0.39 is 24.6 Å². The van der Waals surface area contributed by atoms with Crippen LogP contribution in [-0.4, -0.2) is 30.4 Å². The Morgan fingerprint density at radius 3 is 2.38 bits per heavy atom. The minimum absolute atomic E-state index is 0.178. The van der Waals surface area contributed by atoms with Gasteiger partial charge in [-0.2, -0.15) is 0 Å². The average Bonchev–Trinajstić information content (AvgIpc) is 2.61. The summed E-state index contributed by atoms with van der Waals surface area (Å²) in [5.41, 5.74) is 0.748. The third-order valence-electron chi connectivity index (χ3n) is 3.38. The molecule has 0 aliphatic carbocycles. The van der Waals surface area contributed by atoms with E-state index in [1.807, 2.05) is 0 Å². The Kier molecular flexibility index (Phi) is 6.74. The first-order valence-corrected chi connectivity index (χ1v) is 8.23. The van der Waals surface area contributed by atoms with Crippen LogP contribution in [0.15, 0.2) is 48.5 Å². The van der Waals surface area contributed by atoms with Crippen LogP contribution in [0.2, 0.25) is 5.02 Å². The quantitative estimate of drug-likeness (QED) is 0.591. The molecule has 26 heavy (non-hydrogen) atoms. The van der Waals surface area contributed by atoms with E-state index in [1.165, 1.54) is 13.8 Å². The number of hydrogen-bond acceptors (Lipinski definition) is 5. The molecule has 0 heterocycles. The second kappa shape index (κ2) is 9.01. The van der Waals surface area contributed by atoms with Crippen LogP contribution in [0.3, 0.4) is 0 Å². The van der Waals surface area contributed by atoms with E-state index in [-0.39, 0.29) is 5.78 Å². The molecule has 0 fully saturated rings. The van der Waals surface area contributed by atoms with E-state index in [1.54, 1.807) is 48.5 Å². The number of esters is 1. The first-order valence-electron chi connectivity index (χ1n) is 7.85. The molecule has 0 aliphatic rings. The molecule has 0 saturated heterocycles. The van der Waals surface area contributed by atoms with Crippen LogP contribution in [0.25, 0.3) is 0 Å². The first kappa shape index (κ1) is 19.5. The number of rotatable bonds is 7. The normalized spacial score (nSPS) is 11.3. The molecule has 2 aromatic rings. The van der Waals surface area contributed by atoms with Crippen molar-refractivity contribution in [2.45, 2.75) is 20.0 Å². The summed E-state index contributed by atoms with van der Waals surface area (Å²) >= 11 is 5.78. The molecule has 6 nitrogen and oxygen atoms in total. The zero-order valence-corrected chi connectivity index (χ0v) is 15.1. The van der Waals surface area contributed by atoms with Gasteiger partial charge in [-0.15, -0.1) is 0 Å². The molecule has 0 unspecified atom stereocenters. The van der Waals surface area contributed by atoms with Gasteiger partial charge in [-0.25, -0.2) is 4.79 Å². The Morgan fingerprint density at radius 2 is 1.73 bits per heavy atom. The lowest BCUT2D eigenvalue weighted by Gasteiger charge is -2.14. The standard InChI is InChI=1S/C19H18ClNO5/c1-12(22)16-5-3-4-6-17(16)21-18(23)11-25-19(24)13(2)26-15-9-7-14(20)8-10-15/h3-10,13H,11H2,1-2H3,(H,21,23)/t13-/m0/s1. The molecule has 1 amide bonds. The maximum absolute atomic E-state index is 12.0. The van der Waals surface area contributed by atoms with Crippen LogP contribution in [0.5, 0.6) is 5.75 Å². The van der Waals surface area contributed by atoms with Crippen molar-refractivity contribution in [3.63, 3.8) is 0 Å². The number of carbonyl (C=O) groups excluding carboxylic acids is 3. The number of ketones is 1. The highest BCUT2D eigenvalue weighted by molar-refractivity contribution is 6.30. The van der Waals surface area contributed by atoms with E-state index in [0.717, 1.165) is 0 Å². The van der Waals surface area contributed by atoms with Crippen molar-refractivity contribution < 1.29 is 23.9 Å². The molecule has 1 atom stereocenters. The molecule has 7 heteroatoms. The number of hydrogen-bond donors (Lipinski definition) is 1. The van der Waals surface area contributed by atoms with Gasteiger partial charge in [-0.1, -0.05) is 23.7 Å². The summed E-state index contributed by atoms with van der Waals surface area (Å²) in [4.78, 5) is 35.4. The maximum Gasteiger partial charge on any atom is 0.347 e. The largest absolute Gasteiger partial charge is 0.479 e. The molecule has 0 aromatic heterocycles. The monoisotopic (exact) mass is 375 g/mol. The van der Waals surface area contributed by atoms with Gasteiger partial charge in [-0.05, 0) is 50.2 Å². The van der Waals surface area contributed by atoms with Gasteiger partial charge >= 0.3 is 5.97 Å². The molecule has 1 N–H and O–H groups in total. The predicted molar refractivity (Wildman–Crippen MR) is 97.6 cm³/mol. The number of halogens is 1. The fourth-order valence-electron chi connectivity index (χ4n) is 2.10. The lowest BCUT2D eigenvalue weighted by molar-refractivity contribution is -0.153. The highest BCUT2D eigenvalue weighted by atomic mass is 35.5. The van der Waals surface area contributed by atoms with Gasteiger partial charge in [0.1, 0.15) is 5.75 Å². The summed E-state index contributed by atoms with van der Waals surface area (Å²) in [6, 6.07) is 13.1. The zero-order chi connectivity index (χ0) is 19.1. The van der Waals surface area contributed by atoms with Crippen molar-refractivity contribution in [2.24, 2.45) is 0 Å². The third kappa shape index (κ3) is 5.60. The molecule has 0 aliphatic heterocycles. The predicted octanol–water partition coefficient (Wildman–Crippen LogP) is 3.49. The Labute approximate surface area is 156 Å². The van der Waals surface area contributed by atoms with Crippen LogP contribution in [0.4, 0.5) is 5.69 Å². The number of carbonyl (C=O) groups is 3. The minimum atomic E-state index is -0.895. The van der Waals surface area contributed by atoms with Gasteiger partial charge in [-0.3, -0.25) is 9.59 Å². The van der Waals surface area contributed by atoms with E-state index in [4.69, 9.17) is 21.1 Å². The Balaban J connectivity index is 1.85. The molecular weight excluding hydrogens is 358 g/mol. The first-order chi connectivity index (χ1) is 12.4. The second-order valence-electron chi connectivity index (χ2n) is 5.47. The summed E-state index contributed by atoms with van der Waals surface area (Å²) in [6.45, 7) is 2.43. The van der Waals surface area contributed by atoms with Gasteiger partial charge in [0.2, 0.25) is 0 Å². The number of amides is 1. The van der Waals surface area contributed by atoms with Crippen LogP contribution >= 0.6 is 11.6 Å². The van der Waals surface area contributed by atoms with E-state index in [9.17, 15) is 14.4 Å². The number of ether oxygens (including phenoxy) is 2. The Hall–Kier alpha value is -2.86. The van der Waals surface area contributed by atoms with Crippen molar-refractivity contribution in [1.82, 2.24) is 0 Å². The number of benzene rings is 2. The molecule has 2 aromatic carbocycles. The SMILES string of the molecule is CC(=O)c1ccccc1NC(=O)COC(=O)[C@H](C)Oc1ccc(Cl)cc1. The Bertz CT molecular complexity index is 804. The molecule has 2 rings (SSSR count). The van der Waals surface area contributed by atoms with Crippen LogP contribution in [0.1, 0.15) is 24.2 Å². The lowest BCUT2D eigenvalue weighted by atomic mass is 10.1. The van der Waals surface area contributed by atoms with Crippen molar-refractivity contribution in [3.8, 4) is 5.75 Å². The molecule has 0 saturated carbocycles. The lowest BCUT2D eigenvalue weighted by Crippen LogP contribution is -2.30. The van der Waals surface area contributed by atoms with Crippen molar-refractivity contribution in [1.29, 1.82) is 0 Å². The topological polar surface area (TPSA) is 81.7 Å². The number of nitrogens with one attached hydrogen (secondary N) is 1. The number of Topliss-reactive ketones (excluding diaryl/α,β-unsaturated/α-hetero) is 1. The second-order valence-corrected chi connectivity index (χ2v) is 5.91. The fourth-order valence-corrected chi connectivity index (χ4v) is 2.23. The number of para-hydroxylation sites is 1. The van der Waals surface area contributed by atoms with Crippen LogP contribution < -0.4 is 10.1 Å². The van der Waals surface area contributed by atoms with Gasteiger partial charge in [0.25, 0.3) is 5.91 Å². The van der Waals surface area contributed by atoms with Crippen molar-refractivity contribution in [3.05, 3.63) is 59.1 Å². The third-order valence-corrected chi connectivity index (χ3v) is 3.64. The van der Waals surface area contributed by atoms with Gasteiger partial charge in [0.15, 0.2) is 18.5 Å². The average molecular weight is 376 g/mol. The van der Waals surface area contributed by atoms with E-state index in [0.29, 0.717) is 22.0 Å². The zero-order valence-electron chi connectivity index (χ0n) is 14.3. The fraction of sp³-hybridized carbons (Fsp3) is 0.211. The minimum Gasteiger partial charge on any atom is -0.479 e. The van der Waals surface area contributed by atoms with Gasteiger partial charge < -0.3 is 14.8 Å². The summed E-state index contributed by atoms with van der Waals surface area (Å²) in [7, 11) is 0. The van der Waals surface area contributed by atoms with E-state index >= 15 is 0 Å². The molecular formula is C19H18ClNO5. The van der Waals surface area contributed by atoms with Gasteiger partial charge in [0, 0.05) is 10.6 Å². The van der Waals surface area contributed by atoms with E-state index in [2.05, 4.69) is 5.32 Å². The number of anilines is 1. The van der Waals surface area contributed by atoms with Gasteiger partial charge in [0.05, 0.1) is 5.69 Å². The van der Waals surface area contributed by atoms with Crippen molar-refractivity contribution >= 4 is 34.9 Å². The molecule has 0 radical (unpaired) electrons. The summed E-state index contributed by atoms with van der Waals surface area (Å²) in [5, 5.41) is 3.10. The maximum atomic E-state index is 12.0. The highest BCUT2D eigenvalue weighted by Crippen LogP contribution is 2.17. The highest BCUT2D eigenvalue weighted by Gasteiger charge is 2.18. The van der Waals surface area contributed by atoms with Crippen molar-refractivity contribution in [2.75, 3.05) is 11.9 Å². The smallest absolute Gasteiger partial charge is 0.347 e. The van der Waals surface area contributed by atoms with Crippen LogP contribution in [0, 0.1) is 0 Å². The summed E-state index contributed by atoms with van der Waals surface area (Å²) < 4.78 is 10.4.